The monoisotopic (exact) mass is 263 g/mol. The fourth-order valence-corrected chi connectivity index (χ4v) is 1.69. The van der Waals surface area contributed by atoms with E-state index in [0.29, 0.717) is 23.8 Å². The first kappa shape index (κ1) is 13.3. The van der Waals surface area contributed by atoms with E-state index in [1.54, 1.807) is 10.8 Å². The Hall–Kier alpha value is -2.11. The van der Waals surface area contributed by atoms with Gasteiger partial charge in [-0.15, -0.1) is 0 Å². The third kappa shape index (κ3) is 3.21. The summed E-state index contributed by atoms with van der Waals surface area (Å²) < 4.78 is 12.0. The lowest BCUT2D eigenvalue weighted by molar-refractivity contribution is -0.148. The highest BCUT2D eigenvalue weighted by Gasteiger charge is 2.14. The first-order valence-electron chi connectivity index (χ1n) is 6.27. The number of carbonyl (C=O) groups is 1. The van der Waals surface area contributed by atoms with Gasteiger partial charge in [0.1, 0.15) is 12.2 Å². The molecule has 0 radical (unpaired) electrons. The molecule has 2 rings (SSSR count). The Morgan fingerprint density at radius 2 is 2.32 bits per heavy atom. The van der Waals surface area contributed by atoms with E-state index in [2.05, 4.69) is 10.1 Å². The Morgan fingerprint density at radius 1 is 1.53 bits per heavy atom. The molecule has 0 saturated carbocycles. The maximum Gasteiger partial charge on any atom is 0.326 e. The fraction of sp³-hybridized carbons (Fsp3) is 0.462. The van der Waals surface area contributed by atoms with Crippen LogP contribution in [0.3, 0.4) is 0 Å². The van der Waals surface area contributed by atoms with E-state index in [1.807, 2.05) is 32.9 Å². The Labute approximate surface area is 111 Å². The minimum Gasteiger partial charge on any atom is -0.462 e. The van der Waals surface area contributed by atoms with Crippen molar-refractivity contribution in [3.05, 3.63) is 24.2 Å². The van der Waals surface area contributed by atoms with Crippen molar-refractivity contribution in [2.75, 3.05) is 0 Å². The number of hydrogen-bond acceptors (Lipinski definition) is 5. The van der Waals surface area contributed by atoms with Crippen LogP contribution >= 0.6 is 0 Å². The molecule has 0 saturated heterocycles. The van der Waals surface area contributed by atoms with Gasteiger partial charge in [-0.2, -0.15) is 4.98 Å². The van der Waals surface area contributed by atoms with Crippen LogP contribution in [-0.2, 0) is 22.5 Å². The Morgan fingerprint density at radius 3 is 2.95 bits per heavy atom. The molecule has 6 nitrogen and oxygen atoms in total. The standard InChI is InChI=1S/C13H17N3O3/c1-4-11-14-13(19-15-11)10-6-5-7-16(10)8-12(17)18-9(2)3/h5-7,9H,4,8H2,1-3H3. The van der Waals surface area contributed by atoms with Gasteiger partial charge in [0.05, 0.1) is 6.10 Å². The second-order valence-corrected chi connectivity index (χ2v) is 4.43. The number of carbonyl (C=O) groups excluding carboxylic acids is 1. The lowest BCUT2D eigenvalue weighted by Gasteiger charge is -2.09. The van der Waals surface area contributed by atoms with Gasteiger partial charge >= 0.3 is 5.97 Å². The molecule has 0 aromatic carbocycles. The van der Waals surface area contributed by atoms with Crippen LogP contribution in [0.4, 0.5) is 0 Å². The minimum absolute atomic E-state index is 0.124. The molecule has 0 aliphatic rings. The van der Waals surface area contributed by atoms with E-state index in [9.17, 15) is 4.79 Å². The molecule has 0 aliphatic heterocycles. The molecule has 0 aliphatic carbocycles. The van der Waals surface area contributed by atoms with Crippen molar-refractivity contribution < 1.29 is 14.1 Å². The molecule has 2 aromatic heterocycles. The van der Waals surface area contributed by atoms with Crippen LogP contribution in [0.15, 0.2) is 22.9 Å². The van der Waals surface area contributed by atoms with Crippen molar-refractivity contribution in [2.45, 2.75) is 39.8 Å². The summed E-state index contributed by atoms with van der Waals surface area (Å²) in [4.78, 5) is 15.9. The molecule has 0 bridgehead atoms. The number of rotatable bonds is 5. The van der Waals surface area contributed by atoms with Crippen LogP contribution in [0.1, 0.15) is 26.6 Å². The van der Waals surface area contributed by atoms with Crippen LogP contribution in [0, 0.1) is 0 Å². The molecule has 0 fully saturated rings. The second-order valence-electron chi connectivity index (χ2n) is 4.43. The average Bonchev–Trinajstić information content (AvgIpc) is 2.95. The molecule has 2 aromatic rings. The van der Waals surface area contributed by atoms with Gasteiger partial charge in [0.2, 0.25) is 0 Å². The van der Waals surface area contributed by atoms with E-state index >= 15 is 0 Å². The van der Waals surface area contributed by atoms with Crippen molar-refractivity contribution in [1.82, 2.24) is 14.7 Å². The Bertz CT molecular complexity index is 557. The van der Waals surface area contributed by atoms with E-state index in [4.69, 9.17) is 9.26 Å². The average molecular weight is 263 g/mol. The summed E-state index contributed by atoms with van der Waals surface area (Å²) in [7, 11) is 0. The summed E-state index contributed by atoms with van der Waals surface area (Å²) in [5.74, 6) is 0.773. The first-order chi connectivity index (χ1) is 9.10. The highest BCUT2D eigenvalue weighted by molar-refractivity contribution is 5.70. The van der Waals surface area contributed by atoms with Crippen LogP contribution in [0.5, 0.6) is 0 Å². The van der Waals surface area contributed by atoms with Gasteiger partial charge in [0.25, 0.3) is 5.89 Å². The van der Waals surface area contributed by atoms with Crippen LogP contribution in [-0.4, -0.2) is 26.8 Å². The molecule has 0 amide bonds. The summed E-state index contributed by atoms with van der Waals surface area (Å²) in [5, 5.41) is 3.84. The fourth-order valence-electron chi connectivity index (χ4n) is 1.69. The summed E-state index contributed by atoms with van der Waals surface area (Å²) >= 11 is 0. The second kappa shape index (κ2) is 5.69. The molecular weight excluding hydrogens is 246 g/mol. The number of nitrogens with zero attached hydrogens (tertiary/aromatic N) is 3. The van der Waals surface area contributed by atoms with Crippen molar-refractivity contribution in [3.63, 3.8) is 0 Å². The zero-order valence-electron chi connectivity index (χ0n) is 11.3. The first-order valence-corrected chi connectivity index (χ1v) is 6.27. The van der Waals surface area contributed by atoms with E-state index in [0.717, 1.165) is 0 Å². The summed E-state index contributed by atoms with van der Waals surface area (Å²) in [6.45, 7) is 5.72. The quantitative estimate of drug-likeness (QED) is 0.772. The normalized spacial score (nSPS) is 10.9. The smallest absolute Gasteiger partial charge is 0.326 e. The van der Waals surface area contributed by atoms with E-state index in [1.165, 1.54) is 0 Å². The zero-order valence-corrected chi connectivity index (χ0v) is 11.3. The Balaban J connectivity index is 2.15. The van der Waals surface area contributed by atoms with Gasteiger partial charge in [-0.3, -0.25) is 4.79 Å². The van der Waals surface area contributed by atoms with Crippen LogP contribution in [0.25, 0.3) is 11.6 Å². The summed E-state index contributed by atoms with van der Waals surface area (Å²) in [6, 6.07) is 3.66. The maximum atomic E-state index is 11.7. The van der Waals surface area contributed by atoms with Gasteiger partial charge < -0.3 is 13.8 Å². The molecule has 2 heterocycles. The molecule has 0 unspecified atom stereocenters. The van der Waals surface area contributed by atoms with Crippen LogP contribution < -0.4 is 0 Å². The zero-order chi connectivity index (χ0) is 13.8. The number of aromatic nitrogens is 3. The highest BCUT2D eigenvalue weighted by Crippen LogP contribution is 2.18. The topological polar surface area (TPSA) is 70.2 Å². The molecule has 102 valence electrons. The van der Waals surface area contributed by atoms with Crippen molar-refractivity contribution in [1.29, 1.82) is 0 Å². The predicted molar refractivity (Wildman–Crippen MR) is 68.3 cm³/mol. The lowest BCUT2D eigenvalue weighted by Crippen LogP contribution is -2.17. The molecule has 0 N–H and O–H groups in total. The number of esters is 1. The lowest BCUT2D eigenvalue weighted by atomic mass is 10.4. The third-order valence-corrected chi connectivity index (χ3v) is 2.50. The van der Waals surface area contributed by atoms with E-state index in [-0.39, 0.29) is 18.6 Å². The van der Waals surface area contributed by atoms with E-state index < -0.39 is 0 Å². The number of ether oxygens (including phenoxy) is 1. The minimum atomic E-state index is -0.289. The number of aryl methyl sites for hydroxylation is 1. The SMILES string of the molecule is CCc1noc(-c2cccn2CC(=O)OC(C)C)n1. The number of hydrogen-bond donors (Lipinski definition) is 0. The van der Waals surface area contributed by atoms with Gasteiger partial charge in [-0.1, -0.05) is 12.1 Å². The summed E-state index contributed by atoms with van der Waals surface area (Å²) in [5.41, 5.74) is 0.716. The van der Waals surface area contributed by atoms with Gasteiger partial charge in [0.15, 0.2) is 5.82 Å². The van der Waals surface area contributed by atoms with Gasteiger partial charge in [-0.05, 0) is 26.0 Å². The summed E-state index contributed by atoms with van der Waals surface area (Å²) in [6.07, 6.45) is 2.37. The molecular formula is C13H17N3O3. The molecule has 6 heteroatoms. The molecule has 0 atom stereocenters. The maximum absolute atomic E-state index is 11.7. The van der Waals surface area contributed by atoms with Crippen LogP contribution in [0.2, 0.25) is 0 Å². The Kier molecular flexibility index (Phi) is 3.99. The van der Waals surface area contributed by atoms with Crippen molar-refractivity contribution in [3.8, 4) is 11.6 Å². The van der Waals surface area contributed by atoms with Gasteiger partial charge in [-0.25, -0.2) is 0 Å². The predicted octanol–water partition coefficient (Wildman–Crippen LogP) is 2.05. The third-order valence-electron chi connectivity index (χ3n) is 2.50. The van der Waals surface area contributed by atoms with Gasteiger partial charge in [0, 0.05) is 12.6 Å². The largest absolute Gasteiger partial charge is 0.462 e. The highest BCUT2D eigenvalue weighted by atomic mass is 16.5. The van der Waals surface area contributed by atoms with Crippen molar-refractivity contribution >= 4 is 5.97 Å². The molecule has 0 spiro atoms. The molecule has 19 heavy (non-hydrogen) atoms. The van der Waals surface area contributed by atoms with Crippen molar-refractivity contribution in [2.24, 2.45) is 0 Å².